The molecule has 4 rings (SSSR count). The molecule has 2 heteroatoms. The van der Waals surface area contributed by atoms with Gasteiger partial charge in [-0.15, -0.1) is 0 Å². The van der Waals surface area contributed by atoms with Gasteiger partial charge in [-0.05, 0) is 115 Å². The quantitative estimate of drug-likeness (QED) is 0.334. The molecule has 3 aromatic carbocycles. The Labute approximate surface area is 218 Å². The predicted octanol–water partition coefficient (Wildman–Crippen LogP) is 8.62. The molecule has 2 nitrogen and oxygen atoms in total. The Kier molecular flexibility index (Phi) is 7.60. The molecule has 1 N–H and O–H groups in total. The summed E-state index contributed by atoms with van der Waals surface area (Å²) in [5.74, 6) is 1.03. The lowest BCUT2D eigenvalue weighted by Crippen LogP contribution is -2.18. The van der Waals surface area contributed by atoms with Crippen LogP contribution >= 0.6 is 0 Å². The summed E-state index contributed by atoms with van der Waals surface area (Å²) in [4.78, 5) is 0. The zero-order valence-electron chi connectivity index (χ0n) is 22.6. The molecule has 36 heavy (non-hydrogen) atoms. The highest BCUT2D eigenvalue weighted by molar-refractivity contribution is 5.40. The maximum Gasteiger partial charge on any atom is 0.115 e. The number of aryl methyl sites for hydroxylation is 3. The van der Waals surface area contributed by atoms with Crippen LogP contribution in [0, 0.1) is 16.7 Å². The van der Waals surface area contributed by atoms with Crippen LogP contribution < -0.4 is 0 Å². The van der Waals surface area contributed by atoms with E-state index in [2.05, 4.69) is 83.2 Å². The molecular weight excluding hydrogens is 438 g/mol. The lowest BCUT2D eigenvalue weighted by Gasteiger charge is -2.30. The van der Waals surface area contributed by atoms with Crippen molar-refractivity contribution < 1.29 is 5.11 Å². The van der Waals surface area contributed by atoms with E-state index in [0.29, 0.717) is 17.6 Å². The van der Waals surface area contributed by atoms with Crippen molar-refractivity contribution in [3.05, 3.63) is 100 Å². The highest BCUT2D eigenvalue weighted by atomic mass is 16.3. The minimum absolute atomic E-state index is 0.124. The molecule has 2 unspecified atom stereocenters. The Bertz CT molecular complexity index is 1210. The van der Waals surface area contributed by atoms with Crippen molar-refractivity contribution in [3.8, 4) is 11.8 Å². The van der Waals surface area contributed by atoms with Crippen LogP contribution in [-0.4, -0.2) is 5.11 Å². The molecule has 0 aliphatic heterocycles. The second-order valence-electron chi connectivity index (χ2n) is 12.4. The molecule has 0 spiro atoms. The first-order chi connectivity index (χ1) is 17.0. The third kappa shape index (κ3) is 6.38. The summed E-state index contributed by atoms with van der Waals surface area (Å²) in [7, 11) is 0. The van der Waals surface area contributed by atoms with Crippen LogP contribution in [0.15, 0.2) is 66.7 Å². The first kappa shape index (κ1) is 26.0. The van der Waals surface area contributed by atoms with Gasteiger partial charge in [0.2, 0.25) is 0 Å². The van der Waals surface area contributed by atoms with Gasteiger partial charge in [-0.1, -0.05) is 75.4 Å². The fourth-order valence-electron chi connectivity index (χ4n) is 5.49. The van der Waals surface area contributed by atoms with Gasteiger partial charge in [0.15, 0.2) is 0 Å². The number of nitriles is 1. The molecule has 2 atom stereocenters. The second kappa shape index (κ2) is 10.5. The van der Waals surface area contributed by atoms with E-state index < -0.39 is 0 Å². The van der Waals surface area contributed by atoms with Crippen LogP contribution in [-0.2, 0) is 24.7 Å². The molecule has 0 heterocycles. The average molecular weight is 480 g/mol. The van der Waals surface area contributed by atoms with Gasteiger partial charge < -0.3 is 5.11 Å². The Balaban J connectivity index is 1.64. The van der Waals surface area contributed by atoms with Gasteiger partial charge >= 0.3 is 0 Å². The zero-order valence-corrected chi connectivity index (χ0v) is 22.6. The molecule has 3 aromatic rings. The van der Waals surface area contributed by atoms with Gasteiger partial charge in [0.1, 0.15) is 5.75 Å². The minimum Gasteiger partial charge on any atom is -0.508 e. The summed E-state index contributed by atoms with van der Waals surface area (Å²) in [5.41, 5.74) is 8.11. The van der Waals surface area contributed by atoms with E-state index in [1.807, 2.05) is 12.1 Å². The number of benzene rings is 3. The smallest absolute Gasteiger partial charge is 0.115 e. The van der Waals surface area contributed by atoms with E-state index in [-0.39, 0.29) is 10.8 Å². The maximum absolute atomic E-state index is 9.87. The van der Waals surface area contributed by atoms with E-state index in [9.17, 15) is 10.4 Å². The molecule has 188 valence electrons. The third-order valence-electron chi connectivity index (χ3n) is 7.96. The van der Waals surface area contributed by atoms with Crippen molar-refractivity contribution in [2.45, 2.75) is 90.4 Å². The van der Waals surface area contributed by atoms with Crippen LogP contribution in [0.1, 0.15) is 99.1 Å². The molecule has 0 amide bonds. The van der Waals surface area contributed by atoms with Crippen molar-refractivity contribution in [1.82, 2.24) is 0 Å². The second-order valence-corrected chi connectivity index (χ2v) is 12.4. The summed E-state index contributed by atoms with van der Waals surface area (Å²) < 4.78 is 0. The number of phenols is 1. The van der Waals surface area contributed by atoms with E-state index in [1.165, 1.54) is 46.2 Å². The molecule has 0 saturated heterocycles. The van der Waals surface area contributed by atoms with Crippen molar-refractivity contribution in [1.29, 1.82) is 5.26 Å². The Morgan fingerprint density at radius 3 is 2.00 bits per heavy atom. The molecule has 1 aliphatic rings. The van der Waals surface area contributed by atoms with E-state index in [4.69, 9.17) is 0 Å². The van der Waals surface area contributed by atoms with Gasteiger partial charge in [-0.25, -0.2) is 0 Å². The fourth-order valence-corrected chi connectivity index (χ4v) is 5.49. The van der Waals surface area contributed by atoms with E-state index in [1.54, 1.807) is 12.1 Å². The van der Waals surface area contributed by atoms with Crippen LogP contribution in [0.2, 0.25) is 0 Å². The summed E-state index contributed by atoms with van der Waals surface area (Å²) in [6, 6.07) is 26.4. The molecular formula is C34H41NO. The van der Waals surface area contributed by atoms with Gasteiger partial charge in [0, 0.05) is 0 Å². The lowest BCUT2D eigenvalue weighted by atomic mass is 9.73. The summed E-state index contributed by atoms with van der Waals surface area (Å²) in [6.07, 6.45) is 6.28. The monoisotopic (exact) mass is 479 g/mol. The van der Waals surface area contributed by atoms with E-state index >= 15 is 0 Å². The molecule has 0 aromatic heterocycles. The first-order valence-corrected chi connectivity index (χ1v) is 13.5. The fraction of sp³-hybridized carbons (Fsp3) is 0.441. The van der Waals surface area contributed by atoms with Gasteiger partial charge in [-0.3, -0.25) is 0 Å². The third-order valence-corrected chi connectivity index (χ3v) is 7.96. The molecule has 0 saturated carbocycles. The SMILES string of the molecule is CC(C)(C#N)CC(CC(CCc1ccc(O)cc1)c1ccc2c(c1)CC2)c1ccc(C(C)(C)C)cc1. The van der Waals surface area contributed by atoms with Crippen LogP contribution in [0.5, 0.6) is 5.75 Å². The van der Waals surface area contributed by atoms with Crippen LogP contribution in [0.4, 0.5) is 0 Å². The number of aromatic hydroxyl groups is 1. The maximum atomic E-state index is 9.87. The molecule has 0 bridgehead atoms. The highest BCUT2D eigenvalue weighted by Gasteiger charge is 2.28. The number of nitrogens with zero attached hydrogens (tertiary/aromatic N) is 1. The number of hydrogen-bond donors (Lipinski definition) is 1. The lowest BCUT2D eigenvalue weighted by molar-refractivity contribution is 0.366. The van der Waals surface area contributed by atoms with Crippen molar-refractivity contribution >= 4 is 0 Å². The normalized spacial score (nSPS) is 14.9. The van der Waals surface area contributed by atoms with Gasteiger partial charge in [0.05, 0.1) is 11.5 Å². The summed E-state index contributed by atoms with van der Waals surface area (Å²) in [5, 5.41) is 19.6. The number of hydrogen-bond acceptors (Lipinski definition) is 2. The predicted molar refractivity (Wildman–Crippen MR) is 150 cm³/mol. The first-order valence-electron chi connectivity index (χ1n) is 13.5. The number of phenolic OH excluding ortho intramolecular Hbond substituents is 1. The Morgan fingerprint density at radius 1 is 0.806 bits per heavy atom. The topological polar surface area (TPSA) is 44.0 Å². The summed E-state index contributed by atoms with van der Waals surface area (Å²) >= 11 is 0. The van der Waals surface area contributed by atoms with E-state index in [0.717, 1.165) is 25.7 Å². The average Bonchev–Trinajstić information content (AvgIpc) is 2.82. The van der Waals surface area contributed by atoms with Crippen molar-refractivity contribution in [2.75, 3.05) is 0 Å². The minimum atomic E-state index is -0.380. The largest absolute Gasteiger partial charge is 0.508 e. The Hall–Kier alpha value is -3.05. The summed E-state index contributed by atoms with van der Waals surface area (Å²) in [6.45, 7) is 10.9. The van der Waals surface area contributed by atoms with Gasteiger partial charge in [-0.2, -0.15) is 5.26 Å². The van der Waals surface area contributed by atoms with Crippen molar-refractivity contribution in [3.63, 3.8) is 0 Å². The van der Waals surface area contributed by atoms with Gasteiger partial charge in [0.25, 0.3) is 0 Å². The standard InChI is InChI=1S/C34H41NO/c1-33(2,3)31-16-14-26(15-17-31)30(22-34(4,5)23-35)21-28(9-6-24-7-18-32(36)19-8-24)29-13-11-25-10-12-27(25)20-29/h7-8,11,13-20,28,30,36H,6,9-10,12,21-22H2,1-5H3. The van der Waals surface area contributed by atoms with Crippen molar-refractivity contribution in [2.24, 2.45) is 5.41 Å². The molecule has 1 aliphatic carbocycles. The molecule has 0 fully saturated rings. The molecule has 0 radical (unpaired) electrons. The number of fused-ring (bicyclic) bond motifs is 1. The van der Waals surface area contributed by atoms with Crippen LogP contribution in [0.25, 0.3) is 0 Å². The van der Waals surface area contributed by atoms with Crippen LogP contribution in [0.3, 0.4) is 0 Å². The Morgan fingerprint density at radius 2 is 1.44 bits per heavy atom. The number of rotatable bonds is 9. The zero-order chi connectivity index (χ0) is 25.9. The highest BCUT2D eigenvalue weighted by Crippen LogP contribution is 2.41.